The number of rotatable bonds is 3. The Labute approximate surface area is 123 Å². The van der Waals surface area contributed by atoms with Gasteiger partial charge in [0.15, 0.2) is 0 Å². The Kier molecular flexibility index (Phi) is 4.11. The largest absolute Gasteiger partial charge is 0.338 e. The summed E-state index contributed by atoms with van der Waals surface area (Å²) in [7, 11) is 0. The molecule has 3 heterocycles. The van der Waals surface area contributed by atoms with Crippen molar-refractivity contribution in [3.05, 3.63) is 52.5 Å². The fourth-order valence-corrected chi connectivity index (χ4v) is 3.47. The second kappa shape index (κ2) is 6.18. The maximum Gasteiger partial charge on any atom is 0.254 e. The highest BCUT2D eigenvalue weighted by Gasteiger charge is 2.24. The maximum atomic E-state index is 12.4. The lowest BCUT2D eigenvalue weighted by Crippen LogP contribution is -2.40. The molecule has 104 valence electrons. The third-order valence-corrected chi connectivity index (χ3v) is 4.50. The van der Waals surface area contributed by atoms with Crippen LogP contribution in [0.4, 0.5) is 0 Å². The van der Waals surface area contributed by atoms with Crippen molar-refractivity contribution in [1.29, 1.82) is 0 Å². The minimum atomic E-state index is 0.183. The third-order valence-electron chi connectivity index (χ3n) is 3.82. The van der Waals surface area contributed by atoms with Gasteiger partial charge in [0, 0.05) is 30.9 Å². The van der Waals surface area contributed by atoms with Crippen LogP contribution in [0.25, 0.3) is 0 Å². The van der Waals surface area contributed by atoms with E-state index in [-0.39, 0.29) is 5.91 Å². The second-order valence-electron chi connectivity index (χ2n) is 5.34. The molecule has 0 radical (unpaired) electrons. The van der Waals surface area contributed by atoms with Gasteiger partial charge in [-0.1, -0.05) is 6.07 Å². The van der Waals surface area contributed by atoms with Crippen LogP contribution >= 0.6 is 11.3 Å². The summed E-state index contributed by atoms with van der Waals surface area (Å²) in [5, 5.41) is 3.90. The Morgan fingerprint density at radius 2 is 2.40 bits per heavy atom. The Morgan fingerprint density at radius 1 is 1.45 bits per heavy atom. The van der Waals surface area contributed by atoms with Crippen LogP contribution in [0.2, 0.25) is 0 Å². The molecule has 20 heavy (non-hydrogen) atoms. The average molecular weight is 286 g/mol. The van der Waals surface area contributed by atoms with Gasteiger partial charge in [-0.05, 0) is 48.3 Å². The zero-order valence-corrected chi connectivity index (χ0v) is 12.2. The summed E-state index contributed by atoms with van der Waals surface area (Å²) >= 11 is 1.58. The molecule has 1 atom stereocenters. The molecule has 1 unspecified atom stereocenters. The predicted octanol–water partition coefficient (Wildman–Crippen LogP) is 3.24. The highest BCUT2D eigenvalue weighted by molar-refractivity contribution is 7.08. The van der Waals surface area contributed by atoms with E-state index in [4.69, 9.17) is 0 Å². The molecule has 1 amide bonds. The number of hydrogen-bond acceptors (Lipinski definition) is 3. The lowest BCUT2D eigenvalue weighted by atomic mass is 9.91. The van der Waals surface area contributed by atoms with Crippen LogP contribution in [0.15, 0.2) is 41.4 Å². The number of aromatic nitrogens is 1. The van der Waals surface area contributed by atoms with Gasteiger partial charge in [0.1, 0.15) is 0 Å². The number of piperidine rings is 1. The minimum absolute atomic E-state index is 0.183. The summed E-state index contributed by atoms with van der Waals surface area (Å²) in [6.45, 7) is 1.75. The number of amides is 1. The quantitative estimate of drug-likeness (QED) is 0.868. The van der Waals surface area contributed by atoms with E-state index in [9.17, 15) is 4.79 Å². The lowest BCUT2D eigenvalue weighted by Gasteiger charge is -2.32. The summed E-state index contributed by atoms with van der Waals surface area (Å²) < 4.78 is 0. The number of carbonyl (C=O) groups is 1. The zero-order valence-electron chi connectivity index (χ0n) is 11.4. The number of likely N-dealkylation sites (tertiary alicyclic amines) is 1. The molecular formula is C16H18N2OS. The fourth-order valence-electron chi connectivity index (χ4n) is 2.84. The van der Waals surface area contributed by atoms with Crippen LogP contribution in [0.1, 0.15) is 28.8 Å². The number of nitrogens with zero attached hydrogens (tertiary/aromatic N) is 2. The van der Waals surface area contributed by atoms with Crippen LogP contribution in [-0.2, 0) is 6.42 Å². The van der Waals surface area contributed by atoms with E-state index >= 15 is 0 Å². The van der Waals surface area contributed by atoms with E-state index in [0.717, 1.165) is 31.5 Å². The van der Waals surface area contributed by atoms with Crippen LogP contribution in [0.5, 0.6) is 0 Å². The van der Waals surface area contributed by atoms with Gasteiger partial charge < -0.3 is 4.90 Å². The normalized spacial score (nSPS) is 19.0. The smallest absolute Gasteiger partial charge is 0.254 e. The number of pyridine rings is 1. The SMILES string of the molecule is O=C(c1ccsc1)N1CCCC(Cc2cccnc2)C1. The molecule has 0 bridgehead atoms. The van der Waals surface area contributed by atoms with Crippen LogP contribution < -0.4 is 0 Å². The summed E-state index contributed by atoms with van der Waals surface area (Å²) in [5.74, 6) is 0.734. The van der Waals surface area contributed by atoms with Crippen molar-refractivity contribution in [3.8, 4) is 0 Å². The first-order chi connectivity index (χ1) is 9.83. The molecule has 2 aromatic rings. The molecule has 1 aliphatic rings. The monoisotopic (exact) mass is 286 g/mol. The van der Waals surface area contributed by atoms with Gasteiger partial charge >= 0.3 is 0 Å². The first-order valence-electron chi connectivity index (χ1n) is 7.03. The van der Waals surface area contributed by atoms with Gasteiger partial charge in [-0.2, -0.15) is 11.3 Å². The Bertz CT molecular complexity index is 553. The van der Waals surface area contributed by atoms with Gasteiger partial charge in [0.05, 0.1) is 5.56 Å². The van der Waals surface area contributed by atoms with Crippen LogP contribution in [0, 0.1) is 5.92 Å². The predicted molar refractivity (Wildman–Crippen MR) is 80.9 cm³/mol. The molecule has 0 N–H and O–H groups in total. The van der Waals surface area contributed by atoms with E-state index in [0.29, 0.717) is 5.92 Å². The van der Waals surface area contributed by atoms with Crippen molar-refractivity contribution < 1.29 is 4.79 Å². The number of thiophene rings is 1. The molecule has 3 rings (SSSR count). The van der Waals surface area contributed by atoms with Gasteiger partial charge in [-0.15, -0.1) is 0 Å². The van der Waals surface area contributed by atoms with E-state index < -0.39 is 0 Å². The van der Waals surface area contributed by atoms with Crippen molar-refractivity contribution in [2.45, 2.75) is 19.3 Å². The highest BCUT2D eigenvalue weighted by atomic mass is 32.1. The maximum absolute atomic E-state index is 12.4. The standard InChI is InChI=1S/C16H18N2OS/c19-16(15-5-8-20-12-15)18-7-2-4-14(11-18)9-13-3-1-6-17-10-13/h1,3,5-6,8,10,12,14H,2,4,7,9,11H2. The van der Waals surface area contributed by atoms with Crippen molar-refractivity contribution in [2.24, 2.45) is 5.92 Å². The Morgan fingerprint density at radius 3 is 3.15 bits per heavy atom. The van der Waals surface area contributed by atoms with Gasteiger partial charge in [-0.3, -0.25) is 9.78 Å². The summed E-state index contributed by atoms with van der Waals surface area (Å²) in [5.41, 5.74) is 2.10. The molecule has 3 nitrogen and oxygen atoms in total. The van der Waals surface area contributed by atoms with Crippen LogP contribution in [0.3, 0.4) is 0 Å². The molecule has 1 aliphatic heterocycles. The number of carbonyl (C=O) groups excluding carboxylic acids is 1. The molecule has 2 aromatic heterocycles. The highest BCUT2D eigenvalue weighted by Crippen LogP contribution is 2.22. The molecule has 0 aliphatic carbocycles. The van der Waals surface area contributed by atoms with E-state index in [1.54, 1.807) is 17.5 Å². The first-order valence-corrected chi connectivity index (χ1v) is 7.97. The van der Waals surface area contributed by atoms with Crippen molar-refractivity contribution in [3.63, 3.8) is 0 Å². The molecule has 1 fully saturated rings. The summed E-state index contributed by atoms with van der Waals surface area (Å²) in [6.07, 6.45) is 7.04. The Hall–Kier alpha value is -1.68. The lowest BCUT2D eigenvalue weighted by molar-refractivity contribution is 0.0674. The third kappa shape index (κ3) is 3.07. The van der Waals surface area contributed by atoms with Gasteiger partial charge in [-0.25, -0.2) is 0 Å². The molecule has 4 heteroatoms. The zero-order chi connectivity index (χ0) is 13.8. The van der Waals surface area contributed by atoms with E-state index in [1.807, 2.05) is 34.0 Å². The molecule has 0 saturated carbocycles. The van der Waals surface area contributed by atoms with E-state index in [1.165, 1.54) is 12.0 Å². The fraction of sp³-hybridized carbons (Fsp3) is 0.375. The summed E-state index contributed by atoms with van der Waals surface area (Å²) in [6, 6.07) is 6.01. The van der Waals surface area contributed by atoms with Crippen molar-refractivity contribution in [1.82, 2.24) is 9.88 Å². The first kappa shape index (κ1) is 13.3. The molecule has 0 spiro atoms. The Balaban J connectivity index is 1.63. The van der Waals surface area contributed by atoms with Gasteiger partial charge in [0.25, 0.3) is 5.91 Å². The van der Waals surface area contributed by atoms with Crippen molar-refractivity contribution >= 4 is 17.2 Å². The topological polar surface area (TPSA) is 33.2 Å². The second-order valence-corrected chi connectivity index (χ2v) is 6.12. The van der Waals surface area contributed by atoms with E-state index in [2.05, 4.69) is 11.1 Å². The molecule has 0 aromatic carbocycles. The van der Waals surface area contributed by atoms with Gasteiger partial charge in [0.2, 0.25) is 0 Å². The van der Waals surface area contributed by atoms with Crippen molar-refractivity contribution in [2.75, 3.05) is 13.1 Å². The average Bonchev–Trinajstić information content (AvgIpc) is 3.02. The molecule has 1 saturated heterocycles. The van der Waals surface area contributed by atoms with Crippen LogP contribution in [-0.4, -0.2) is 28.9 Å². The molecular weight excluding hydrogens is 268 g/mol. The summed E-state index contributed by atoms with van der Waals surface area (Å²) in [4.78, 5) is 18.6. The number of hydrogen-bond donors (Lipinski definition) is 0. The minimum Gasteiger partial charge on any atom is -0.338 e.